The number of fused-ring (bicyclic) bond motifs is 1. The first-order valence-corrected chi connectivity index (χ1v) is 8.43. The van der Waals surface area contributed by atoms with Crippen molar-refractivity contribution in [2.24, 2.45) is 5.73 Å². The molecule has 4 rings (SSSR count). The summed E-state index contributed by atoms with van der Waals surface area (Å²) in [5.41, 5.74) is 8.28. The van der Waals surface area contributed by atoms with E-state index in [1.54, 1.807) is 23.0 Å². The largest absolute Gasteiger partial charge is 0.405 e. The minimum atomic E-state index is -0.295. The van der Waals surface area contributed by atoms with E-state index < -0.39 is 0 Å². The molecule has 27 heavy (non-hydrogen) atoms. The van der Waals surface area contributed by atoms with E-state index in [0.717, 1.165) is 32.8 Å². The fourth-order valence-corrected chi connectivity index (χ4v) is 3.16. The van der Waals surface area contributed by atoms with E-state index in [1.165, 1.54) is 18.3 Å². The zero-order valence-corrected chi connectivity index (χ0v) is 14.5. The van der Waals surface area contributed by atoms with Crippen LogP contribution in [0.15, 0.2) is 79.4 Å². The van der Waals surface area contributed by atoms with Crippen molar-refractivity contribution in [2.75, 3.05) is 0 Å². The predicted octanol–water partition coefficient (Wildman–Crippen LogP) is 2.64. The summed E-state index contributed by atoms with van der Waals surface area (Å²) in [5, 5.41) is 8.06. The van der Waals surface area contributed by atoms with E-state index in [0.29, 0.717) is 5.35 Å². The molecule has 4 nitrogen and oxygen atoms in total. The van der Waals surface area contributed by atoms with Gasteiger partial charge in [-0.1, -0.05) is 30.8 Å². The number of nitrogens with two attached hydrogens (primary N) is 1. The molecule has 4 aromatic rings. The van der Waals surface area contributed by atoms with Gasteiger partial charge in [0, 0.05) is 28.6 Å². The van der Waals surface area contributed by atoms with Gasteiger partial charge in [-0.15, -0.1) is 0 Å². The third-order valence-corrected chi connectivity index (χ3v) is 4.45. The van der Waals surface area contributed by atoms with Gasteiger partial charge < -0.3 is 5.73 Å². The normalized spacial score (nSPS) is 12.6. The van der Waals surface area contributed by atoms with Gasteiger partial charge >= 0.3 is 0 Å². The maximum absolute atomic E-state index is 13.2. The summed E-state index contributed by atoms with van der Waals surface area (Å²) in [6.07, 6.45) is 8.70. The molecule has 0 bridgehead atoms. The molecule has 132 valence electrons. The van der Waals surface area contributed by atoms with Crippen LogP contribution in [0, 0.1) is 5.82 Å². The Morgan fingerprint density at radius 1 is 1.04 bits per heavy atom. The van der Waals surface area contributed by atoms with Crippen LogP contribution < -0.4 is 16.3 Å². The summed E-state index contributed by atoms with van der Waals surface area (Å²) < 4.78 is 14.9. The molecule has 2 heterocycles. The first kappa shape index (κ1) is 16.7. The highest BCUT2D eigenvalue weighted by Gasteiger charge is 2.09. The first-order chi connectivity index (χ1) is 13.2. The van der Waals surface area contributed by atoms with Gasteiger partial charge in [-0.2, -0.15) is 5.10 Å². The summed E-state index contributed by atoms with van der Waals surface area (Å²) in [6.45, 7) is 4.18. The van der Waals surface area contributed by atoms with Crippen molar-refractivity contribution in [2.45, 2.75) is 0 Å². The van der Waals surface area contributed by atoms with E-state index in [2.05, 4.69) is 16.7 Å². The van der Waals surface area contributed by atoms with Crippen LogP contribution in [0.1, 0.15) is 5.56 Å². The van der Waals surface area contributed by atoms with Crippen molar-refractivity contribution in [1.82, 2.24) is 14.8 Å². The van der Waals surface area contributed by atoms with Crippen molar-refractivity contribution in [3.63, 3.8) is 0 Å². The SMILES string of the molecule is C=c1/c(=C(\C=C/N)c2cncc3ccccc23)cnn1-c1ccc(F)cc1. The fourth-order valence-electron chi connectivity index (χ4n) is 3.16. The smallest absolute Gasteiger partial charge is 0.123 e. The molecule has 0 unspecified atom stereocenters. The molecule has 0 saturated heterocycles. The lowest BCUT2D eigenvalue weighted by atomic mass is 9.99. The molecule has 0 spiro atoms. The minimum Gasteiger partial charge on any atom is -0.405 e. The van der Waals surface area contributed by atoms with Gasteiger partial charge in [0.2, 0.25) is 0 Å². The van der Waals surface area contributed by atoms with Crippen molar-refractivity contribution >= 4 is 22.9 Å². The minimum absolute atomic E-state index is 0.295. The molecule has 5 heteroatoms. The Kier molecular flexibility index (Phi) is 4.26. The van der Waals surface area contributed by atoms with Crippen LogP contribution in [0.2, 0.25) is 0 Å². The van der Waals surface area contributed by atoms with Crippen LogP contribution >= 0.6 is 0 Å². The average molecular weight is 356 g/mol. The summed E-state index contributed by atoms with van der Waals surface area (Å²) in [4.78, 5) is 4.36. The third-order valence-electron chi connectivity index (χ3n) is 4.45. The number of nitrogens with zero attached hydrogens (tertiary/aromatic N) is 3. The van der Waals surface area contributed by atoms with Gasteiger partial charge in [-0.3, -0.25) is 4.98 Å². The van der Waals surface area contributed by atoms with Crippen molar-refractivity contribution in [3.8, 4) is 5.69 Å². The number of allylic oxidation sites excluding steroid dienone is 1. The molecule has 0 amide bonds. The quantitative estimate of drug-likeness (QED) is 0.614. The van der Waals surface area contributed by atoms with Gasteiger partial charge in [-0.25, -0.2) is 9.07 Å². The van der Waals surface area contributed by atoms with E-state index in [9.17, 15) is 4.39 Å². The Labute approximate surface area is 155 Å². The van der Waals surface area contributed by atoms with Crippen molar-refractivity contribution in [1.29, 1.82) is 0 Å². The molecule has 0 saturated carbocycles. The summed E-state index contributed by atoms with van der Waals surface area (Å²) in [6, 6.07) is 14.2. The monoisotopic (exact) mass is 356 g/mol. The van der Waals surface area contributed by atoms with Crippen LogP contribution in [0.25, 0.3) is 28.6 Å². The van der Waals surface area contributed by atoms with E-state index >= 15 is 0 Å². The zero-order valence-electron chi connectivity index (χ0n) is 14.5. The number of rotatable bonds is 3. The van der Waals surface area contributed by atoms with E-state index in [1.807, 2.05) is 42.7 Å². The maximum Gasteiger partial charge on any atom is 0.123 e. The molecular formula is C22H17FN4. The van der Waals surface area contributed by atoms with Gasteiger partial charge in [-0.05, 0) is 47.5 Å². The van der Waals surface area contributed by atoms with Crippen LogP contribution in [-0.4, -0.2) is 14.8 Å². The Bertz CT molecular complexity index is 1250. The number of aromatic nitrogens is 3. The summed E-state index contributed by atoms with van der Waals surface area (Å²) in [5.74, 6) is -0.295. The van der Waals surface area contributed by atoms with E-state index in [-0.39, 0.29) is 5.82 Å². The van der Waals surface area contributed by atoms with Crippen LogP contribution in [-0.2, 0) is 0 Å². The predicted molar refractivity (Wildman–Crippen MR) is 106 cm³/mol. The maximum atomic E-state index is 13.2. The molecule has 0 aliphatic rings. The fraction of sp³-hybridized carbons (Fsp3) is 0. The Morgan fingerprint density at radius 2 is 1.81 bits per heavy atom. The Hall–Kier alpha value is -3.73. The Morgan fingerprint density at radius 3 is 2.59 bits per heavy atom. The lowest BCUT2D eigenvalue weighted by Gasteiger charge is -2.07. The molecule has 2 aromatic carbocycles. The van der Waals surface area contributed by atoms with Gasteiger partial charge in [0.1, 0.15) is 5.82 Å². The molecular weight excluding hydrogens is 339 g/mol. The highest BCUT2D eigenvalue weighted by molar-refractivity contribution is 5.95. The van der Waals surface area contributed by atoms with Gasteiger partial charge in [0.25, 0.3) is 0 Å². The van der Waals surface area contributed by atoms with Crippen LogP contribution in [0.3, 0.4) is 0 Å². The molecule has 0 atom stereocenters. The number of hydrogen-bond donors (Lipinski definition) is 1. The average Bonchev–Trinajstić information content (AvgIpc) is 3.07. The molecule has 0 aliphatic heterocycles. The lowest BCUT2D eigenvalue weighted by molar-refractivity contribution is 0.627. The zero-order chi connectivity index (χ0) is 18.8. The first-order valence-electron chi connectivity index (χ1n) is 8.43. The molecule has 0 aliphatic carbocycles. The number of pyridine rings is 1. The van der Waals surface area contributed by atoms with Gasteiger partial charge in [0.15, 0.2) is 0 Å². The highest BCUT2D eigenvalue weighted by Crippen LogP contribution is 2.23. The second-order valence-corrected chi connectivity index (χ2v) is 6.07. The van der Waals surface area contributed by atoms with Crippen LogP contribution in [0.5, 0.6) is 0 Å². The van der Waals surface area contributed by atoms with Crippen molar-refractivity contribution < 1.29 is 4.39 Å². The number of halogens is 1. The van der Waals surface area contributed by atoms with Crippen LogP contribution in [0.4, 0.5) is 4.39 Å². The second kappa shape index (κ2) is 6.88. The van der Waals surface area contributed by atoms with Gasteiger partial charge in [0.05, 0.1) is 17.2 Å². The standard InChI is InChI=1S/C22H17FN4/c1-15-21(14-26-27(15)18-8-6-17(23)7-9-18)20(10-11-24)22-13-25-12-16-4-2-3-5-19(16)22/h2-14H,1,24H2/b11-10-,21-20+. The highest BCUT2D eigenvalue weighted by atomic mass is 19.1. The Balaban J connectivity index is 2.01. The molecule has 2 aromatic heterocycles. The second-order valence-electron chi connectivity index (χ2n) is 6.07. The molecule has 2 N–H and O–H groups in total. The summed E-state index contributed by atoms with van der Waals surface area (Å²) >= 11 is 0. The third kappa shape index (κ3) is 3.00. The topological polar surface area (TPSA) is 56.7 Å². The number of benzene rings is 2. The molecule has 0 radical (unpaired) electrons. The van der Waals surface area contributed by atoms with E-state index in [4.69, 9.17) is 5.73 Å². The lowest BCUT2D eigenvalue weighted by Crippen LogP contribution is -2.29. The van der Waals surface area contributed by atoms with Crippen molar-refractivity contribution in [3.05, 3.63) is 101 Å². The molecule has 0 fully saturated rings. The number of hydrogen-bond acceptors (Lipinski definition) is 3. The summed E-state index contributed by atoms with van der Waals surface area (Å²) in [7, 11) is 0.